The first-order chi connectivity index (χ1) is 12.0. The summed E-state index contributed by atoms with van der Waals surface area (Å²) in [6.07, 6.45) is 0.0333. The van der Waals surface area contributed by atoms with Gasteiger partial charge >= 0.3 is 0 Å². The molecule has 1 atom stereocenters. The highest BCUT2D eigenvalue weighted by Crippen LogP contribution is 2.28. The normalized spacial score (nSPS) is 19.1. The highest BCUT2D eigenvalue weighted by atomic mass is 35.5. The van der Waals surface area contributed by atoms with Crippen LogP contribution in [0.1, 0.15) is 23.7 Å². The zero-order valence-electron chi connectivity index (χ0n) is 14.0. The average molecular weight is 423 g/mol. The molecule has 1 fully saturated rings. The minimum absolute atomic E-state index is 0.0311. The fourth-order valence-electron chi connectivity index (χ4n) is 2.56. The molecule has 26 heavy (non-hydrogen) atoms. The Hall–Kier alpha value is -1.65. The zero-order chi connectivity index (χ0) is 19.5. The van der Waals surface area contributed by atoms with Crippen LogP contribution in [0.15, 0.2) is 23.1 Å². The minimum atomic E-state index is -3.89. The Morgan fingerprint density at radius 2 is 1.88 bits per heavy atom. The number of carbonyl (C=O) groups excluding carboxylic acids is 2. The highest BCUT2D eigenvalue weighted by Gasteiger charge is 2.38. The summed E-state index contributed by atoms with van der Waals surface area (Å²) >= 11 is 5.99. The topological polar surface area (TPSA) is 126 Å². The number of benzene rings is 1. The van der Waals surface area contributed by atoms with Crippen molar-refractivity contribution in [2.75, 3.05) is 24.6 Å². The van der Waals surface area contributed by atoms with Gasteiger partial charge in [0.2, 0.25) is 5.91 Å². The molecule has 8 nitrogen and oxygen atoms in total. The Bertz CT molecular complexity index is 927. The molecule has 1 aliphatic heterocycles. The lowest BCUT2D eigenvalue weighted by molar-refractivity contribution is -0.118. The smallest absolute Gasteiger partial charge is 0.252 e. The predicted molar refractivity (Wildman–Crippen MR) is 96.7 cm³/mol. The fourth-order valence-corrected chi connectivity index (χ4v) is 7.15. The van der Waals surface area contributed by atoms with Crippen LogP contribution in [0.4, 0.5) is 0 Å². The second-order valence-corrected chi connectivity index (χ2v) is 10.8. The van der Waals surface area contributed by atoms with Crippen LogP contribution >= 0.6 is 11.6 Å². The first-order valence-corrected chi connectivity index (χ1v) is 11.5. The number of carbonyl (C=O) groups is 2. The van der Waals surface area contributed by atoms with Crippen molar-refractivity contribution < 1.29 is 26.4 Å². The van der Waals surface area contributed by atoms with Gasteiger partial charge in [0.25, 0.3) is 5.91 Å². The van der Waals surface area contributed by atoms with Crippen molar-refractivity contribution >= 4 is 43.1 Å². The lowest BCUT2D eigenvalue weighted by atomic mass is 10.2. The summed E-state index contributed by atoms with van der Waals surface area (Å²) in [5.41, 5.74) is -0.0311. The van der Waals surface area contributed by atoms with E-state index in [1.165, 1.54) is 19.1 Å². The van der Waals surface area contributed by atoms with Gasteiger partial charge in [-0.15, -0.1) is 0 Å². The molecule has 1 saturated heterocycles. The van der Waals surface area contributed by atoms with Gasteiger partial charge in [-0.1, -0.05) is 11.6 Å². The molecule has 1 unspecified atom stereocenters. The molecule has 0 bridgehead atoms. The van der Waals surface area contributed by atoms with E-state index in [9.17, 15) is 26.4 Å². The molecular weight excluding hydrogens is 404 g/mol. The third-order valence-corrected chi connectivity index (χ3v) is 8.42. The lowest BCUT2D eigenvalue weighted by Gasteiger charge is -2.12. The van der Waals surface area contributed by atoms with Gasteiger partial charge in [-0.25, -0.2) is 16.8 Å². The Balaban J connectivity index is 2.18. The Morgan fingerprint density at radius 1 is 1.23 bits per heavy atom. The molecule has 1 aromatic carbocycles. The van der Waals surface area contributed by atoms with E-state index in [0.29, 0.717) is 0 Å². The van der Waals surface area contributed by atoms with Crippen molar-refractivity contribution in [3.05, 3.63) is 28.8 Å². The summed E-state index contributed by atoms with van der Waals surface area (Å²) in [4.78, 5) is 22.9. The van der Waals surface area contributed by atoms with Crippen LogP contribution in [0.25, 0.3) is 0 Å². The van der Waals surface area contributed by atoms with Gasteiger partial charge in [-0.2, -0.15) is 0 Å². The third-order valence-electron chi connectivity index (χ3n) is 3.92. The van der Waals surface area contributed by atoms with E-state index < -0.39 is 36.6 Å². The van der Waals surface area contributed by atoms with Crippen molar-refractivity contribution in [2.45, 2.75) is 23.5 Å². The van der Waals surface area contributed by atoms with Crippen LogP contribution in [0.2, 0.25) is 5.02 Å². The largest absolute Gasteiger partial charge is 0.355 e. The molecule has 0 spiro atoms. The molecule has 0 aromatic heterocycles. The van der Waals surface area contributed by atoms with Crippen LogP contribution in [0.3, 0.4) is 0 Å². The summed E-state index contributed by atoms with van der Waals surface area (Å²) in [5, 5.41) is 4.08. The molecule has 2 rings (SSSR count). The standard InChI is InChI=1S/C15H19ClN2O6S2/c1-10(19)17-5-6-18-15(20)13-8-11(2-3-14(13)16)26(23,24)12-4-7-25(21,22)9-12/h2-3,8,12H,4-7,9H2,1H3,(H,17,19)(H,18,20). The third kappa shape index (κ3) is 4.95. The second-order valence-electron chi connectivity index (χ2n) is 5.95. The molecule has 0 saturated carbocycles. The van der Waals surface area contributed by atoms with Crippen molar-refractivity contribution in [2.24, 2.45) is 0 Å². The van der Waals surface area contributed by atoms with Crippen LogP contribution in [-0.2, 0) is 24.5 Å². The minimum Gasteiger partial charge on any atom is -0.355 e. The van der Waals surface area contributed by atoms with Crippen LogP contribution in [0.5, 0.6) is 0 Å². The molecule has 1 heterocycles. The number of rotatable bonds is 6. The van der Waals surface area contributed by atoms with Gasteiger partial charge in [-0.3, -0.25) is 9.59 Å². The van der Waals surface area contributed by atoms with E-state index in [-0.39, 0.29) is 46.7 Å². The number of sulfone groups is 2. The van der Waals surface area contributed by atoms with Crippen LogP contribution in [0, 0.1) is 0 Å². The van der Waals surface area contributed by atoms with E-state index in [4.69, 9.17) is 11.6 Å². The van der Waals surface area contributed by atoms with E-state index in [1.54, 1.807) is 0 Å². The monoisotopic (exact) mass is 422 g/mol. The molecule has 144 valence electrons. The SMILES string of the molecule is CC(=O)NCCNC(=O)c1cc(S(=O)(=O)C2CCS(=O)(=O)C2)ccc1Cl. The fraction of sp³-hybridized carbons (Fsp3) is 0.467. The Morgan fingerprint density at radius 3 is 2.46 bits per heavy atom. The summed E-state index contributed by atoms with van der Waals surface area (Å²) in [5.74, 6) is -1.41. The van der Waals surface area contributed by atoms with Gasteiger partial charge in [-0.05, 0) is 24.6 Å². The summed E-state index contributed by atoms with van der Waals surface area (Å²) in [7, 11) is -7.26. The molecule has 0 radical (unpaired) electrons. The molecule has 1 aromatic rings. The maximum atomic E-state index is 12.7. The van der Waals surface area contributed by atoms with Gasteiger partial charge in [0.05, 0.1) is 32.2 Å². The van der Waals surface area contributed by atoms with Crippen molar-refractivity contribution in [3.63, 3.8) is 0 Å². The first-order valence-electron chi connectivity index (χ1n) is 7.79. The molecule has 11 heteroatoms. The van der Waals surface area contributed by atoms with Crippen LogP contribution < -0.4 is 10.6 Å². The highest BCUT2D eigenvalue weighted by molar-refractivity contribution is 7.96. The predicted octanol–water partition coefficient (Wildman–Crippen LogP) is 0.167. The number of nitrogens with one attached hydrogen (secondary N) is 2. The lowest BCUT2D eigenvalue weighted by Crippen LogP contribution is -2.33. The number of hydrogen-bond donors (Lipinski definition) is 2. The van der Waals surface area contributed by atoms with Gasteiger partial charge < -0.3 is 10.6 Å². The Kier molecular flexibility index (Phi) is 6.30. The van der Waals surface area contributed by atoms with Gasteiger partial charge in [0.1, 0.15) is 0 Å². The van der Waals surface area contributed by atoms with Crippen LogP contribution in [-0.4, -0.2) is 58.5 Å². The average Bonchev–Trinajstić information content (AvgIpc) is 2.92. The molecule has 1 aliphatic rings. The van der Waals surface area contributed by atoms with E-state index in [2.05, 4.69) is 10.6 Å². The van der Waals surface area contributed by atoms with E-state index in [0.717, 1.165) is 6.07 Å². The van der Waals surface area contributed by atoms with Crippen molar-refractivity contribution in [1.29, 1.82) is 0 Å². The second kappa shape index (κ2) is 7.93. The van der Waals surface area contributed by atoms with E-state index >= 15 is 0 Å². The Labute approximate surface area is 157 Å². The number of amides is 2. The maximum Gasteiger partial charge on any atom is 0.252 e. The number of halogens is 1. The van der Waals surface area contributed by atoms with E-state index in [1.807, 2.05) is 0 Å². The molecular formula is C15H19ClN2O6S2. The zero-order valence-corrected chi connectivity index (χ0v) is 16.4. The quantitative estimate of drug-likeness (QED) is 0.629. The molecule has 0 aliphatic carbocycles. The van der Waals surface area contributed by atoms with Gasteiger partial charge in [0, 0.05) is 20.0 Å². The molecule has 2 N–H and O–H groups in total. The summed E-state index contributed by atoms with van der Waals surface area (Å²) in [6.45, 7) is 1.71. The maximum absolute atomic E-state index is 12.7. The van der Waals surface area contributed by atoms with Crippen molar-refractivity contribution in [3.8, 4) is 0 Å². The summed E-state index contributed by atoms with van der Waals surface area (Å²) in [6, 6.07) is 3.70. The first kappa shape index (κ1) is 20.7. The molecule has 2 amide bonds. The summed E-state index contributed by atoms with van der Waals surface area (Å²) < 4.78 is 48.4. The number of hydrogen-bond acceptors (Lipinski definition) is 6. The van der Waals surface area contributed by atoms with Crippen molar-refractivity contribution in [1.82, 2.24) is 10.6 Å². The van der Waals surface area contributed by atoms with Gasteiger partial charge in [0.15, 0.2) is 19.7 Å².